The number of imide groups is 1. The minimum Gasteiger partial charge on any atom is -0.338 e. The molecule has 1 heterocycles. The smallest absolute Gasteiger partial charge is 0.321 e. The molecule has 2 N–H and O–H groups in total. The molecule has 0 fully saturated rings. The van der Waals surface area contributed by atoms with E-state index in [2.05, 4.69) is 20.8 Å². The molecule has 0 aliphatic heterocycles. The van der Waals surface area contributed by atoms with E-state index in [0.717, 1.165) is 24.6 Å². The SMILES string of the molecule is CCCCNC(=O)NC(=O)CSc1nnc(-c2ccccc2F)n1C. The number of carbonyl (C=O) groups is 2. The second kappa shape index (κ2) is 9.16. The van der Waals surface area contributed by atoms with Gasteiger partial charge in [0.05, 0.1) is 11.3 Å². The fraction of sp³-hybridized carbons (Fsp3) is 0.375. The van der Waals surface area contributed by atoms with Crippen molar-refractivity contribution in [3.63, 3.8) is 0 Å². The normalized spacial score (nSPS) is 10.5. The molecule has 1 aromatic heterocycles. The number of benzene rings is 1. The first-order valence-corrected chi connectivity index (χ1v) is 8.86. The Morgan fingerprint density at radius 2 is 2.04 bits per heavy atom. The van der Waals surface area contributed by atoms with E-state index in [-0.39, 0.29) is 5.75 Å². The number of halogens is 1. The van der Waals surface area contributed by atoms with Crippen molar-refractivity contribution in [1.29, 1.82) is 0 Å². The van der Waals surface area contributed by atoms with Crippen LogP contribution in [-0.4, -0.2) is 39.0 Å². The maximum atomic E-state index is 13.9. The average molecular weight is 365 g/mol. The average Bonchev–Trinajstić information content (AvgIpc) is 2.94. The summed E-state index contributed by atoms with van der Waals surface area (Å²) in [7, 11) is 1.69. The summed E-state index contributed by atoms with van der Waals surface area (Å²) in [6, 6.07) is 5.76. The Balaban J connectivity index is 1.91. The van der Waals surface area contributed by atoms with E-state index in [4.69, 9.17) is 0 Å². The fourth-order valence-corrected chi connectivity index (χ4v) is 2.74. The molecule has 9 heteroatoms. The van der Waals surface area contributed by atoms with Crippen LogP contribution in [0.25, 0.3) is 11.4 Å². The van der Waals surface area contributed by atoms with Crippen LogP contribution >= 0.6 is 11.8 Å². The van der Waals surface area contributed by atoms with Crippen molar-refractivity contribution in [2.45, 2.75) is 24.9 Å². The van der Waals surface area contributed by atoms with Crippen molar-refractivity contribution < 1.29 is 14.0 Å². The fourth-order valence-electron chi connectivity index (χ4n) is 2.03. The van der Waals surface area contributed by atoms with Crippen molar-refractivity contribution in [1.82, 2.24) is 25.4 Å². The Labute approximate surface area is 149 Å². The van der Waals surface area contributed by atoms with Crippen molar-refractivity contribution in [3.05, 3.63) is 30.1 Å². The highest BCUT2D eigenvalue weighted by Crippen LogP contribution is 2.24. The molecule has 2 aromatic rings. The number of aromatic nitrogens is 3. The van der Waals surface area contributed by atoms with Crippen LogP contribution in [0.1, 0.15) is 19.8 Å². The largest absolute Gasteiger partial charge is 0.338 e. The summed E-state index contributed by atoms with van der Waals surface area (Å²) in [5, 5.41) is 13.3. The number of carbonyl (C=O) groups excluding carboxylic acids is 2. The van der Waals surface area contributed by atoms with Gasteiger partial charge in [-0.2, -0.15) is 0 Å². The van der Waals surface area contributed by atoms with Gasteiger partial charge in [0.15, 0.2) is 11.0 Å². The van der Waals surface area contributed by atoms with E-state index in [1.807, 2.05) is 6.92 Å². The van der Waals surface area contributed by atoms with Gasteiger partial charge < -0.3 is 9.88 Å². The lowest BCUT2D eigenvalue weighted by atomic mass is 10.2. The summed E-state index contributed by atoms with van der Waals surface area (Å²) in [4.78, 5) is 23.3. The van der Waals surface area contributed by atoms with Gasteiger partial charge in [-0.3, -0.25) is 10.1 Å². The van der Waals surface area contributed by atoms with Gasteiger partial charge in [0.25, 0.3) is 0 Å². The molecular weight excluding hydrogens is 345 g/mol. The zero-order chi connectivity index (χ0) is 18.2. The van der Waals surface area contributed by atoms with Crippen molar-refractivity contribution in [2.75, 3.05) is 12.3 Å². The number of nitrogens with zero attached hydrogens (tertiary/aromatic N) is 3. The van der Waals surface area contributed by atoms with Gasteiger partial charge in [0, 0.05) is 13.6 Å². The van der Waals surface area contributed by atoms with E-state index in [1.54, 1.807) is 29.8 Å². The lowest BCUT2D eigenvalue weighted by Crippen LogP contribution is -2.40. The van der Waals surface area contributed by atoms with Gasteiger partial charge in [-0.15, -0.1) is 10.2 Å². The predicted molar refractivity (Wildman–Crippen MR) is 93.6 cm³/mol. The molecule has 0 aliphatic rings. The van der Waals surface area contributed by atoms with Crippen LogP contribution in [0.4, 0.5) is 9.18 Å². The summed E-state index contributed by atoms with van der Waals surface area (Å²) in [5.41, 5.74) is 0.337. The zero-order valence-electron chi connectivity index (χ0n) is 14.1. The lowest BCUT2D eigenvalue weighted by Gasteiger charge is -2.06. The van der Waals surface area contributed by atoms with Gasteiger partial charge in [0.1, 0.15) is 5.82 Å². The van der Waals surface area contributed by atoms with Crippen LogP contribution in [0, 0.1) is 5.82 Å². The Kier molecular flexibility index (Phi) is 6.93. The molecule has 0 spiro atoms. The van der Waals surface area contributed by atoms with Crippen LogP contribution in [0.2, 0.25) is 0 Å². The number of amides is 3. The Hall–Kier alpha value is -2.42. The highest BCUT2D eigenvalue weighted by atomic mass is 32.2. The molecule has 7 nitrogen and oxygen atoms in total. The van der Waals surface area contributed by atoms with E-state index >= 15 is 0 Å². The summed E-state index contributed by atoms with van der Waals surface area (Å²) in [6.07, 6.45) is 1.81. The van der Waals surface area contributed by atoms with E-state index < -0.39 is 17.8 Å². The molecule has 0 bridgehead atoms. The van der Waals surface area contributed by atoms with E-state index in [9.17, 15) is 14.0 Å². The minimum atomic E-state index is -0.510. The summed E-state index contributed by atoms with van der Waals surface area (Å²) in [6.45, 7) is 2.54. The third-order valence-corrected chi connectivity index (χ3v) is 4.37. The number of nitrogens with one attached hydrogen (secondary N) is 2. The molecule has 0 atom stereocenters. The number of urea groups is 1. The number of hydrogen-bond acceptors (Lipinski definition) is 5. The summed E-state index contributed by atoms with van der Waals surface area (Å²) >= 11 is 1.12. The van der Waals surface area contributed by atoms with Gasteiger partial charge >= 0.3 is 6.03 Å². The van der Waals surface area contributed by atoms with Crippen molar-refractivity contribution >= 4 is 23.7 Å². The third kappa shape index (κ3) is 5.28. The molecule has 0 aliphatic carbocycles. The van der Waals surface area contributed by atoms with Crippen LogP contribution in [0.15, 0.2) is 29.4 Å². The summed E-state index contributed by atoms with van der Waals surface area (Å²) in [5.74, 6) is -0.450. The second-order valence-corrected chi connectivity index (χ2v) is 6.23. The predicted octanol–water partition coefficient (Wildman–Crippen LogP) is 2.34. The number of unbranched alkanes of at least 4 members (excludes halogenated alkanes) is 1. The maximum absolute atomic E-state index is 13.9. The van der Waals surface area contributed by atoms with E-state index in [1.165, 1.54) is 6.07 Å². The minimum absolute atomic E-state index is 0.00441. The third-order valence-electron chi connectivity index (χ3n) is 3.35. The first-order valence-electron chi connectivity index (χ1n) is 7.87. The van der Waals surface area contributed by atoms with Gasteiger partial charge in [-0.05, 0) is 18.6 Å². The second-order valence-electron chi connectivity index (χ2n) is 5.29. The van der Waals surface area contributed by atoms with Gasteiger partial charge in [0.2, 0.25) is 5.91 Å². The zero-order valence-corrected chi connectivity index (χ0v) is 14.9. The molecule has 3 amide bonds. The highest BCUT2D eigenvalue weighted by molar-refractivity contribution is 7.99. The van der Waals surface area contributed by atoms with Crippen molar-refractivity contribution in [3.8, 4) is 11.4 Å². The monoisotopic (exact) mass is 365 g/mol. The Morgan fingerprint density at radius 1 is 1.28 bits per heavy atom. The lowest BCUT2D eigenvalue weighted by molar-refractivity contribution is -0.117. The van der Waals surface area contributed by atoms with Crippen molar-refractivity contribution in [2.24, 2.45) is 7.05 Å². The number of rotatable bonds is 7. The molecule has 134 valence electrons. The molecule has 0 saturated carbocycles. The highest BCUT2D eigenvalue weighted by Gasteiger charge is 2.16. The molecular formula is C16H20FN5O2S. The Bertz CT molecular complexity index is 750. The molecule has 1 aromatic carbocycles. The van der Waals surface area contributed by atoms with Crippen LogP contribution in [0.3, 0.4) is 0 Å². The topological polar surface area (TPSA) is 88.9 Å². The Morgan fingerprint density at radius 3 is 2.76 bits per heavy atom. The van der Waals surface area contributed by atoms with Gasteiger partial charge in [-0.25, -0.2) is 9.18 Å². The molecule has 25 heavy (non-hydrogen) atoms. The van der Waals surface area contributed by atoms with Crippen LogP contribution < -0.4 is 10.6 Å². The van der Waals surface area contributed by atoms with E-state index in [0.29, 0.717) is 23.1 Å². The first-order chi connectivity index (χ1) is 12.0. The van der Waals surface area contributed by atoms with Crippen LogP contribution in [0.5, 0.6) is 0 Å². The maximum Gasteiger partial charge on any atom is 0.321 e. The number of hydrogen-bond donors (Lipinski definition) is 2. The molecule has 0 radical (unpaired) electrons. The molecule has 2 rings (SSSR count). The molecule has 0 unspecified atom stereocenters. The number of thioether (sulfide) groups is 1. The first kappa shape index (κ1) is 18.9. The molecule has 0 saturated heterocycles. The quantitative estimate of drug-likeness (QED) is 0.581. The standard InChI is InChI=1S/C16H20FN5O2S/c1-3-4-9-18-15(24)19-13(23)10-25-16-21-20-14(22(16)2)11-7-5-6-8-12(11)17/h5-8H,3-4,9-10H2,1-2H3,(H2,18,19,23,24). The van der Waals surface area contributed by atoms with Crippen LogP contribution in [-0.2, 0) is 11.8 Å². The summed E-state index contributed by atoms with van der Waals surface area (Å²) < 4.78 is 15.5. The van der Waals surface area contributed by atoms with Gasteiger partial charge in [-0.1, -0.05) is 37.2 Å².